The summed E-state index contributed by atoms with van der Waals surface area (Å²) < 4.78 is 5.42. The number of ether oxygens (including phenoxy) is 1. The highest BCUT2D eigenvalue weighted by Gasteiger charge is 2.16. The smallest absolute Gasteiger partial charge is 0.0715 e. The van der Waals surface area contributed by atoms with Gasteiger partial charge in [0.15, 0.2) is 0 Å². The maximum atomic E-state index is 5.42. The zero-order valence-electron chi connectivity index (χ0n) is 17.9. The van der Waals surface area contributed by atoms with Crippen molar-refractivity contribution in [3.63, 3.8) is 0 Å². The van der Waals surface area contributed by atoms with E-state index >= 15 is 0 Å². The lowest BCUT2D eigenvalue weighted by Crippen LogP contribution is -2.41. The van der Waals surface area contributed by atoms with E-state index in [2.05, 4.69) is 63.2 Å². The van der Waals surface area contributed by atoms with Crippen LogP contribution in [0.3, 0.4) is 0 Å². The Morgan fingerprint density at radius 3 is 2.87 bits per heavy atom. The van der Waals surface area contributed by atoms with E-state index in [0.29, 0.717) is 0 Å². The van der Waals surface area contributed by atoms with Gasteiger partial charge in [-0.15, -0.1) is 17.3 Å². The van der Waals surface area contributed by atoms with Crippen molar-refractivity contribution < 1.29 is 4.74 Å². The molecule has 0 atom stereocenters. The molecule has 0 amide bonds. The van der Waals surface area contributed by atoms with Gasteiger partial charge >= 0.3 is 0 Å². The minimum Gasteiger partial charge on any atom is -0.379 e. The maximum Gasteiger partial charge on any atom is 0.0715 e. The van der Waals surface area contributed by atoms with Crippen LogP contribution in [0.2, 0.25) is 0 Å². The number of fused-ring (bicyclic) bond motifs is 1. The topological polar surface area (TPSA) is 52.7 Å². The van der Waals surface area contributed by atoms with E-state index in [9.17, 15) is 0 Å². The molecule has 162 valence electrons. The van der Waals surface area contributed by atoms with Gasteiger partial charge in [0.25, 0.3) is 0 Å². The number of pyridine rings is 1. The lowest BCUT2D eigenvalue weighted by Gasteiger charge is -2.26. The van der Waals surface area contributed by atoms with Gasteiger partial charge < -0.3 is 10.2 Å². The molecule has 2 N–H and O–H groups in total. The second-order valence-corrected chi connectivity index (χ2v) is 9.20. The molecule has 4 rings (SSSR count). The maximum absolute atomic E-state index is 5.42. The van der Waals surface area contributed by atoms with Crippen molar-refractivity contribution in [2.24, 2.45) is 0 Å². The first-order valence-corrected chi connectivity index (χ1v) is 12.0. The third-order valence-electron chi connectivity index (χ3n) is 5.58. The van der Waals surface area contributed by atoms with Crippen LogP contribution in [-0.2, 0) is 4.74 Å². The summed E-state index contributed by atoms with van der Waals surface area (Å²) in [7, 11) is 0. The number of aromatic nitrogens is 1. The van der Waals surface area contributed by atoms with Crippen LogP contribution in [-0.4, -0.2) is 60.0 Å². The lowest BCUT2D eigenvalue weighted by atomic mass is 10.1. The number of hydrogen-bond acceptors (Lipinski definition) is 7. The second kappa shape index (κ2) is 11.0. The molecule has 0 spiro atoms. The Kier molecular flexibility index (Phi) is 7.86. The van der Waals surface area contributed by atoms with E-state index in [4.69, 9.17) is 4.74 Å². The highest BCUT2D eigenvalue weighted by atomic mass is 32.2. The van der Waals surface area contributed by atoms with Crippen LogP contribution in [0.1, 0.15) is 31.2 Å². The summed E-state index contributed by atoms with van der Waals surface area (Å²) in [4.78, 5) is 8.29. The molecule has 7 heteroatoms. The number of unbranched alkanes of at least 4 members (excludes halogenated alkanes) is 3. The van der Waals surface area contributed by atoms with Crippen LogP contribution in [0.5, 0.6) is 0 Å². The van der Waals surface area contributed by atoms with E-state index < -0.39 is 0 Å². The zero-order valence-corrected chi connectivity index (χ0v) is 18.7. The third-order valence-corrected chi connectivity index (χ3v) is 6.74. The van der Waals surface area contributed by atoms with Crippen LogP contribution >= 0.6 is 11.8 Å². The summed E-state index contributed by atoms with van der Waals surface area (Å²) in [5.74, 6) is 1.17. The van der Waals surface area contributed by atoms with Crippen LogP contribution < -0.4 is 11.0 Å². The standard InChI is InChI=1S/C23H33N5OS/c1-19-6-7-21-22(16-19)24-9-8-23(21)30-15-5-3-2-4-10-28-18-20(25-26-28)17-27-11-13-29-14-12-27/h6-9,16,18,25-26H,2-5,10-15,17H2,1H3. The molecule has 0 bridgehead atoms. The van der Waals surface area contributed by atoms with Crippen LogP contribution in [0.4, 0.5) is 0 Å². The fraction of sp³-hybridized carbons (Fsp3) is 0.522. The van der Waals surface area contributed by atoms with Gasteiger partial charge in [0.05, 0.1) is 24.4 Å². The van der Waals surface area contributed by atoms with E-state index in [1.54, 1.807) is 0 Å². The van der Waals surface area contributed by atoms with Gasteiger partial charge in [-0.2, -0.15) is 0 Å². The SMILES string of the molecule is Cc1ccc2c(SCCCCCCN3C=C(CN4CCOCC4)NN3)ccnc2c1. The number of rotatable bonds is 10. The summed E-state index contributed by atoms with van der Waals surface area (Å²) in [5, 5.41) is 3.45. The Hall–Kier alpha value is -1.80. The van der Waals surface area contributed by atoms with Gasteiger partial charge in [0, 0.05) is 48.9 Å². The van der Waals surface area contributed by atoms with Crippen molar-refractivity contribution in [2.45, 2.75) is 37.5 Å². The molecule has 1 aromatic carbocycles. The van der Waals surface area contributed by atoms with Crippen molar-refractivity contribution in [2.75, 3.05) is 45.1 Å². The molecule has 1 saturated heterocycles. The van der Waals surface area contributed by atoms with Crippen LogP contribution in [0.25, 0.3) is 10.9 Å². The fourth-order valence-corrected chi connectivity index (χ4v) is 4.93. The predicted molar refractivity (Wildman–Crippen MR) is 124 cm³/mol. The highest BCUT2D eigenvalue weighted by molar-refractivity contribution is 7.99. The number of morpholine rings is 1. The Balaban J connectivity index is 1.10. The van der Waals surface area contributed by atoms with Gasteiger partial charge in [-0.05, 0) is 43.2 Å². The van der Waals surface area contributed by atoms with Crippen molar-refractivity contribution in [3.05, 3.63) is 47.9 Å². The first-order chi connectivity index (χ1) is 14.8. The average molecular weight is 428 g/mol. The van der Waals surface area contributed by atoms with E-state index in [0.717, 1.165) is 44.9 Å². The summed E-state index contributed by atoms with van der Waals surface area (Å²) in [5.41, 5.74) is 10.2. The van der Waals surface area contributed by atoms with E-state index in [1.807, 2.05) is 18.0 Å². The number of nitrogens with one attached hydrogen (secondary N) is 2. The summed E-state index contributed by atoms with van der Waals surface area (Å²) in [6.45, 7) is 7.86. The Labute approximate surface area is 184 Å². The number of hydrogen-bond donors (Lipinski definition) is 2. The predicted octanol–water partition coefficient (Wildman–Crippen LogP) is 3.69. The minimum absolute atomic E-state index is 0.847. The van der Waals surface area contributed by atoms with Gasteiger partial charge in [0.1, 0.15) is 0 Å². The number of aryl methyl sites for hydroxylation is 1. The Morgan fingerprint density at radius 2 is 1.97 bits per heavy atom. The van der Waals surface area contributed by atoms with Gasteiger partial charge in [-0.3, -0.25) is 14.9 Å². The van der Waals surface area contributed by atoms with Gasteiger partial charge in [-0.25, -0.2) is 0 Å². The van der Waals surface area contributed by atoms with Crippen LogP contribution in [0.15, 0.2) is 47.3 Å². The number of nitrogens with zero attached hydrogens (tertiary/aromatic N) is 3. The minimum atomic E-state index is 0.847. The Morgan fingerprint density at radius 1 is 1.10 bits per heavy atom. The van der Waals surface area contributed by atoms with Crippen molar-refractivity contribution in [3.8, 4) is 0 Å². The first-order valence-electron chi connectivity index (χ1n) is 11.1. The molecular weight excluding hydrogens is 394 g/mol. The molecule has 3 heterocycles. The number of benzene rings is 1. The molecule has 1 aromatic heterocycles. The molecule has 30 heavy (non-hydrogen) atoms. The first kappa shape index (κ1) is 21.4. The largest absolute Gasteiger partial charge is 0.379 e. The molecule has 0 aliphatic carbocycles. The normalized spacial score (nSPS) is 17.4. The Bertz CT molecular complexity index is 853. The lowest BCUT2D eigenvalue weighted by molar-refractivity contribution is 0.0416. The monoisotopic (exact) mass is 427 g/mol. The van der Waals surface area contributed by atoms with E-state index in [-0.39, 0.29) is 0 Å². The fourth-order valence-electron chi connectivity index (χ4n) is 3.87. The zero-order chi connectivity index (χ0) is 20.6. The number of thioether (sulfide) groups is 1. The quantitative estimate of drug-likeness (QED) is 0.443. The van der Waals surface area contributed by atoms with Crippen molar-refractivity contribution in [1.29, 1.82) is 0 Å². The molecule has 0 saturated carbocycles. The van der Waals surface area contributed by atoms with Crippen molar-refractivity contribution >= 4 is 22.7 Å². The molecular formula is C23H33N5OS. The summed E-state index contributed by atoms with van der Waals surface area (Å²) in [6, 6.07) is 8.70. The van der Waals surface area contributed by atoms with Gasteiger partial charge in [-0.1, -0.05) is 25.0 Å². The molecule has 2 aliphatic rings. The molecule has 2 aromatic rings. The second-order valence-electron chi connectivity index (χ2n) is 8.07. The third kappa shape index (κ3) is 6.11. The summed E-state index contributed by atoms with van der Waals surface area (Å²) >= 11 is 1.96. The van der Waals surface area contributed by atoms with E-state index in [1.165, 1.54) is 53.0 Å². The molecule has 2 aliphatic heterocycles. The van der Waals surface area contributed by atoms with Crippen LogP contribution in [0, 0.1) is 6.92 Å². The highest BCUT2D eigenvalue weighted by Crippen LogP contribution is 2.28. The molecule has 1 fully saturated rings. The molecule has 0 unspecified atom stereocenters. The average Bonchev–Trinajstić information content (AvgIpc) is 3.20. The molecule has 0 radical (unpaired) electrons. The number of hydrazine groups is 2. The summed E-state index contributed by atoms with van der Waals surface area (Å²) in [6.07, 6.45) is 9.15. The van der Waals surface area contributed by atoms with Gasteiger partial charge in [0.2, 0.25) is 0 Å². The molecule has 6 nitrogen and oxygen atoms in total. The van der Waals surface area contributed by atoms with Crippen molar-refractivity contribution in [1.82, 2.24) is 25.9 Å².